The molecule has 0 saturated heterocycles. The third-order valence-corrected chi connectivity index (χ3v) is 2.10. The van der Waals surface area contributed by atoms with Crippen LogP contribution in [0, 0.1) is 5.82 Å². The zero-order valence-electron chi connectivity index (χ0n) is 7.98. The maximum absolute atomic E-state index is 13.4. The average molecular weight is 222 g/mol. The van der Waals surface area contributed by atoms with Gasteiger partial charge in [-0.25, -0.2) is 14.0 Å². The highest BCUT2D eigenvalue weighted by Crippen LogP contribution is 2.13. The molecule has 0 amide bonds. The van der Waals surface area contributed by atoms with Crippen molar-refractivity contribution in [2.75, 3.05) is 0 Å². The van der Waals surface area contributed by atoms with Crippen molar-refractivity contribution in [1.82, 2.24) is 9.55 Å². The highest BCUT2D eigenvalue weighted by Gasteiger charge is 2.11. The van der Waals surface area contributed by atoms with E-state index in [2.05, 4.69) is 4.98 Å². The smallest absolute Gasteiger partial charge is 0.335 e. The molecule has 0 aliphatic heterocycles. The van der Waals surface area contributed by atoms with Crippen LogP contribution in [-0.2, 0) is 0 Å². The second-order valence-electron chi connectivity index (χ2n) is 3.11. The number of benzene rings is 1. The number of nitrogens with one attached hydrogen (secondary N) is 1. The Morgan fingerprint density at radius 3 is 2.75 bits per heavy atom. The van der Waals surface area contributed by atoms with E-state index in [1.807, 2.05) is 0 Å². The first kappa shape index (κ1) is 10.2. The number of H-pyrrole nitrogens is 1. The molecule has 0 aliphatic carbocycles. The lowest BCUT2D eigenvalue weighted by atomic mass is 10.2. The van der Waals surface area contributed by atoms with Gasteiger partial charge in [-0.2, -0.15) is 0 Å². The summed E-state index contributed by atoms with van der Waals surface area (Å²) >= 11 is 0. The standard InChI is InChI=1S/C10H7FN2O3/c11-7-2-1-6(9(14)15)5-8(7)13-4-3-12-10(13)16/h1-5H,(H,12,16)(H,14,15). The Bertz CT molecular complexity index is 600. The molecular formula is C10H7FN2O3. The molecule has 2 rings (SSSR count). The van der Waals surface area contributed by atoms with E-state index in [0.717, 1.165) is 22.8 Å². The molecule has 0 unspecified atom stereocenters. The zero-order chi connectivity index (χ0) is 11.7. The number of aromatic amines is 1. The molecule has 6 heteroatoms. The van der Waals surface area contributed by atoms with Gasteiger partial charge in [0.05, 0.1) is 11.3 Å². The number of nitrogens with zero attached hydrogens (tertiary/aromatic N) is 1. The first-order valence-corrected chi connectivity index (χ1v) is 4.39. The van der Waals surface area contributed by atoms with Crippen LogP contribution in [0.25, 0.3) is 5.69 Å². The maximum atomic E-state index is 13.4. The van der Waals surface area contributed by atoms with Crippen molar-refractivity contribution < 1.29 is 14.3 Å². The summed E-state index contributed by atoms with van der Waals surface area (Å²) in [5, 5.41) is 8.75. The van der Waals surface area contributed by atoms with E-state index in [9.17, 15) is 14.0 Å². The number of rotatable bonds is 2. The van der Waals surface area contributed by atoms with Crippen LogP contribution in [-0.4, -0.2) is 20.6 Å². The molecule has 0 spiro atoms. The summed E-state index contributed by atoms with van der Waals surface area (Å²) in [4.78, 5) is 24.3. The van der Waals surface area contributed by atoms with Gasteiger partial charge in [0.15, 0.2) is 0 Å². The molecule has 1 heterocycles. The van der Waals surface area contributed by atoms with Crippen molar-refractivity contribution in [1.29, 1.82) is 0 Å². The summed E-state index contributed by atoms with van der Waals surface area (Å²) < 4.78 is 14.4. The first-order valence-electron chi connectivity index (χ1n) is 4.39. The van der Waals surface area contributed by atoms with Crippen LogP contribution in [0.4, 0.5) is 4.39 Å². The number of halogens is 1. The van der Waals surface area contributed by atoms with Crippen molar-refractivity contribution in [3.8, 4) is 5.69 Å². The number of hydrogen-bond donors (Lipinski definition) is 2. The SMILES string of the molecule is O=C(O)c1ccc(F)c(-n2cc[nH]c2=O)c1. The predicted octanol–water partition coefficient (Wildman–Crippen LogP) is 1.00. The Labute approximate surface area is 88.8 Å². The van der Waals surface area contributed by atoms with Crippen molar-refractivity contribution in [2.45, 2.75) is 0 Å². The summed E-state index contributed by atoms with van der Waals surface area (Å²) in [6.45, 7) is 0. The van der Waals surface area contributed by atoms with Crippen LogP contribution >= 0.6 is 0 Å². The van der Waals surface area contributed by atoms with Gasteiger partial charge in [-0.1, -0.05) is 0 Å². The van der Waals surface area contributed by atoms with Gasteiger partial charge in [-0.05, 0) is 18.2 Å². The van der Waals surface area contributed by atoms with Gasteiger partial charge in [-0.15, -0.1) is 0 Å². The van der Waals surface area contributed by atoms with Gasteiger partial charge < -0.3 is 10.1 Å². The summed E-state index contributed by atoms with van der Waals surface area (Å²) in [7, 11) is 0. The molecule has 0 atom stereocenters. The Morgan fingerprint density at radius 2 is 2.19 bits per heavy atom. The normalized spacial score (nSPS) is 10.3. The fourth-order valence-electron chi connectivity index (χ4n) is 1.34. The quantitative estimate of drug-likeness (QED) is 0.796. The van der Waals surface area contributed by atoms with Gasteiger partial charge in [0, 0.05) is 12.4 Å². The minimum atomic E-state index is -1.18. The topological polar surface area (TPSA) is 75.1 Å². The van der Waals surface area contributed by atoms with E-state index in [1.165, 1.54) is 12.4 Å². The Morgan fingerprint density at radius 1 is 1.44 bits per heavy atom. The summed E-state index contributed by atoms with van der Waals surface area (Å²) in [6, 6.07) is 3.25. The number of imidazole rings is 1. The minimum absolute atomic E-state index is 0.0792. The summed E-state index contributed by atoms with van der Waals surface area (Å²) in [5.41, 5.74) is -0.697. The molecule has 1 aromatic carbocycles. The average Bonchev–Trinajstić information content (AvgIpc) is 2.65. The van der Waals surface area contributed by atoms with Crippen LogP contribution in [0.15, 0.2) is 35.4 Å². The van der Waals surface area contributed by atoms with Crippen LogP contribution < -0.4 is 5.69 Å². The molecule has 0 bridgehead atoms. The molecule has 2 aromatic rings. The van der Waals surface area contributed by atoms with E-state index >= 15 is 0 Å². The second-order valence-corrected chi connectivity index (χ2v) is 3.11. The monoisotopic (exact) mass is 222 g/mol. The van der Waals surface area contributed by atoms with E-state index in [-0.39, 0.29) is 11.3 Å². The highest BCUT2D eigenvalue weighted by atomic mass is 19.1. The fourth-order valence-corrected chi connectivity index (χ4v) is 1.34. The third kappa shape index (κ3) is 1.60. The maximum Gasteiger partial charge on any atom is 0.335 e. The van der Waals surface area contributed by atoms with E-state index in [4.69, 9.17) is 5.11 Å². The van der Waals surface area contributed by atoms with E-state index < -0.39 is 17.5 Å². The number of carboxylic acid groups (broad SMARTS) is 1. The third-order valence-electron chi connectivity index (χ3n) is 2.10. The lowest BCUT2D eigenvalue weighted by Crippen LogP contribution is -2.16. The molecule has 16 heavy (non-hydrogen) atoms. The molecule has 2 N–H and O–H groups in total. The highest BCUT2D eigenvalue weighted by molar-refractivity contribution is 5.88. The lowest BCUT2D eigenvalue weighted by molar-refractivity contribution is 0.0697. The van der Waals surface area contributed by atoms with Crippen molar-refractivity contribution in [3.63, 3.8) is 0 Å². The molecule has 0 radical (unpaired) electrons. The number of aromatic carboxylic acids is 1. The van der Waals surface area contributed by atoms with Gasteiger partial charge in [0.1, 0.15) is 5.82 Å². The number of hydrogen-bond acceptors (Lipinski definition) is 2. The molecule has 5 nitrogen and oxygen atoms in total. The Hall–Kier alpha value is -2.37. The van der Waals surface area contributed by atoms with Crippen molar-refractivity contribution >= 4 is 5.97 Å². The first-order chi connectivity index (χ1) is 7.59. The number of carbonyl (C=O) groups is 1. The van der Waals surface area contributed by atoms with Crippen molar-refractivity contribution in [2.24, 2.45) is 0 Å². The van der Waals surface area contributed by atoms with Crippen LogP contribution in [0.3, 0.4) is 0 Å². The lowest BCUT2D eigenvalue weighted by Gasteiger charge is -2.03. The molecule has 1 aromatic heterocycles. The predicted molar refractivity (Wildman–Crippen MR) is 53.3 cm³/mol. The van der Waals surface area contributed by atoms with Crippen LogP contribution in [0.5, 0.6) is 0 Å². The fraction of sp³-hybridized carbons (Fsp3) is 0. The van der Waals surface area contributed by atoms with Gasteiger partial charge in [-0.3, -0.25) is 4.57 Å². The van der Waals surface area contributed by atoms with E-state index in [1.54, 1.807) is 0 Å². The van der Waals surface area contributed by atoms with Crippen molar-refractivity contribution in [3.05, 3.63) is 52.5 Å². The van der Waals surface area contributed by atoms with Crippen LogP contribution in [0.2, 0.25) is 0 Å². The van der Waals surface area contributed by atoms with Gasteiger partial charge in [0.25, 0.3) is 0 Å². The summed E-state index contributed by atoms with van der Waals surface area (Å²) in [6.07, 6.45) is 2.67. The second kappa shape index (κ2) is 3.65. The van der Waals surface area contributed by atoms with Gasteiger partial charge >= 0.3 is 11.7 Å². The molecule has 0 aliphatic rings. The number of aromatic nitrogens is 2. The minimum Gasteiger partial charge on any atom is -0.478 e. The molecule has 82 valence electrons. The van der Waals surface area contributed by atoms with Crippen LogP contribution in [0.1, 0.15) is 10.4 Å². The molecular weight excluding hydrogens is 215 g/mol. The Balaban J connectivity index is 2.65. The summed E-state index contributed by atoms with van der Waals surface area (Å²) in [5.74, 6) is -1.84. The molecule has 0 fully saturated rings. The van der Waals surface area contributed by atoms with E-state index in [0.29, 0.717) is 0 Å². The molecule has 0 saturated carbocycles. The Kier molecular flexibility index (Phi) is 2.32. The largest absolute Gasteiger partial charge is 0.478 e. The number of carboxylic acids is 1. The van der Waals surface area contributed by atoms with Gasteiger partial charge in [0.2, 0.25) is 0 Å². The zero-order valence-corrected chi connectivity index (χ0v) is 7.98.